The van der Waals surface area contributed by atoms with Crippen LogP contribution < -0.4 is 10.1 Å². The second-order valence-electron chi connectivity index (χ2n) is 4.36. The quantitative estimate of drug-likeness (QED) is 0.860. The summed E-state index contributed by atoms with van der Waals surface area (Å²) in [6.07, 6.45) is 0.882. The molecule has 1 aromatic carbocycles. The average Bonchev–Trinajstić information content (AvgIpc) is 2.94. The summed E-state index contributed by atoms with van der Waals surface area (Å²) in [6.45, 7) is 0. The van der Waals surface area contributed by atoms with Gasteiger partial charge in [0.1, 0.15) is 10.8 Å². The molecule has 2 rings (SSSR count). The summed E-state index contributed by atoms with van der Waals surface area (Å²) in [7, 11) is 1.60. The highest BCUT2D eigenvalue weighted by Gasteiger charge is 2.13. The first-order chi connectivity index (χ1) is 10.1. The molecule has 2 aromatic rings. The molecule has 0 bridgehead atoms. The van der Waals surface area contributed by atoms with Crippen LogP contribution in [0.1, 0.15) is 22.3 Å². The van der Waals surface area contributed by atoms with Gasteiger partial charge in [0.2, 0.25) is 5.91 Å². The lowest BCUT2D eigenvalue weighted by molar-refractivity contribution is -0.116. The Balaban J connectivity index is 1.89. The van der Waals surface area contributed by atoms with E-state index in [1.54, 1.807) is 12.5 Å². The van der Waals surface area contributed by atoms with Crippen molar-refractivity contribution in [2.24, 2.45) is 0 Å². The van der Waals surface area contributed by atoms with Gasteiger partial charge in [0.05, 0.1) is 12.7 Å². The zero-order valence-electron chi connectivity index (χ0n) is 11.5. The number of nitrogens with one attached hydrogen (secondary N) is 1. The molecule has 0 unspecified atom stereocenters. The summed E-state index contributed by atoms with van der Waals surface area (Å²) >= 11 is 1.20. The molecule has 5 nitrogen and oxygen atoms in total. The van der Waals surface area contributed by atoms with E-state index in [1.165, 1.54) is 17.4 Å². The molecule has 21 heavy (non-hydrogen) atoms. The van der Waals surface area contributed by atoms with Gasteiger partial charge in [0, 0.05) is 6.42 Å². The molecular weight excluding hydrogens is 290 g/mol. The Morgan fingerprint density at radius 2 is 1.95 bits per heavy atom. The standard InChI is InChI=1S/C15H15NO4S/c1-20-11-5-2-10(3-6-11)4-7-13(17)16-14-12(15(18)19)8-9-21-14/h2-3,5-6,8-9H,4,7H2,1H3,(H,16,17)(H,18,19). The summed E-state index contributed by atoms with van der Waals surface area (Å²) in [5.41, 5.74) is 1.15. The number of amides is 1. The second kappa shape index (κ2) is 6.90. The van der Waals surface area contributed by atoms with Gasteiger partial charge in [-0.1, -0.05) is 12.1 Å². The molecule has 6 heteroatoms. The number of rotatable bonds is 6. The van der Waals surface area contributed by atoms with E-state index in [2.05, 4.69) is 5.32 Å². The van der Waals surface area contributed by atoms with Crippen molar-refractivity contribution < 1.29 is 19.4 Å². The van der Waals surface area contributed by atoms with Crippen LogP contribution in [0.15, 0.2) is 35.7 Å². The van der Waals surface area contributed by atoms with Crippen LogP contribution in [0, 0.1) is 0 Å². The summed E-state index contributed by atoms with van der Waals surface area (Å²) in [5, 5.41) is 13.6. The molecule has 1 aromatic heterocycles. The molecular formula is C15H15NO4S. The maximum Gasteiger partial charge on any atom is 0.338 e. The number of carboxylic acid groups (broad SMARTS) is 1. The van der Waals surface area contributed by atoms with Gasteiger partial charge < -0.3 is 15.2 Å². The Bertz CT molecular complexity index is 633. The third-order valence-electron chi connectivity index (χ3n) is 2.95. The Labute approximate surface area is 126 Å². The Kier molecular flexibility index (Phi) is 4.94. The number of carbonyl (C=O) groups is 2. The van der Waals surface area contributed by atoms with Crippen molar-refractivity contribution in [2.75, 3.05) is 12.4 Å². The number of carbonyl (C=O) groups excluding carboxylic acids is 1. The van der Waals surface area contributed by atoms with E-state index in [0.717, 1.165) is 11.3 Å². The first kappa shape index (κ1) is 15.1. The number of hydrogen-bond donors (Lipinski definition) is 2. The number of hydrogen-bond acceptors (Lipinski definition) is 4. The van der Waals surface area contributed by atoms with Gasteiger partial charge in [-0.3, -0.25) is 4.79 Å². The number of methoxy groups -OCH3 is 1. The summed E-state index contributed by atoms with van der Waals surface area (Å²) in [4.78, 5) is 22.8. The van der Waals surface area contributed by atoms with E-state index >= 15 is 0 Å². The van der Waals surface area contributed by atoms with Crippen LogP contribution in [0.5, 0.6) is 5.75 Å². The highest BCUT2D eigenvalue weighted by Crippen LogP contribution is 2.23. The molecule has 0 saturated heterocycles. The van der Waals surface area contributed by atoms with Crippen molar-refractivity contribution in [1.29, 1.82) is 0 Å². The molecule has 0 aliphatic rings. The zero-order valence-corrected chi connectivity index (χ0v) is 12.3. The van der Waals surface area contributed by atoms with Crippen LogP contribution in [-0.2, 0) is 11.2 Å². The molecule has 0 aliphatic heterocycles. The predicted molar refractivity (Wildman–Crippen MR) is 81.2 cm³/mol. The van der Waals surface area contributed by atoms with Gasteiger partial charge in [-0.25, -0.2) is 4.79 Å². The van der Waals surface area contributed by atoms with Gasteiger partial charge in [-0.15, -0.1) is 11.3 Å². The molecule has 1 heterocycles. The molecule has 0 fully saturated rings. The normalized spacial score (nSPS) is 10.1. The first-order valence-electron chi connectivity index (χ1n) is 6.33. The highest BCUT2D eigenvalue weighted by molar-refractivity contribution is 7.14. The third-order valence-corrected chi connectivity index (χ3v) is 3.78. The van der Waals surface area contributed by atoms with Crippen molar-refractivity contribution in [1.82, 2.24) is 0 Å². The molecule has 110 valence electrons. The number of ether oxygens (including phenoxy) is 1. The topological polar surface area (TPSA) is 75.6 Å². The third kappa shape index (κ3) is 4.06. The van der Waals surface area contributed by atoms with Crippen molar-refractivity contribution in [3.05, 3.63) is 46.8 Å². The van der Waals surface area contributed by atoms with Crippen LogP contribution in [0.3, 0.4) is 0 Å². The Morgan fingerprint density at radius 3 is 2.57 bits per heavy atom. The van der Waals surface area contributed by atoms with Crippen LogP contribution in [0.25, 0.3) is 0 Å². The van der Waals surface area contributed by atoms with Crippen LogP contribution >= 0.6 is 11.3 Å². The number of carboxylic acids is 1. The highest BCUT2D eigenvalue weighted by atomic mass is 32.1. The fraction of sp³-hybridized carbons (Fsp3) is 0.200. The minimum atomic E-state index is -1.04. The number of anilines is 1. The Hall–Kier alpha value is -2.34. The lowest BCUT2D eigenvalue weighted by Gasteiger charge is -2.05. The lowest BCUT2D eigenvalue weighted by Crippen LogP contribution is -2.13. The van der Waals surface area contributed by atoms with Crippen molar-refractivity contribution >= 4 is 28.2 Å². The van der Waals surface area contributed by atoms with Gasteiger partial charge >= 0.3 is 5.97 Å². The van der Waals surface area contributed by atoms with Gasteiger partial charge in [-0.05, 0) is 35.6 Å². The lowest BCUT2D eigenvalue weighted by atomic mass is 10.1. The SMILES string of the molecule is COc1ccc(CCC(=O)Nc2sccc2C(=O)O)cc1. The number of aromatic carboxylic acids is 1. The first-order valence-corrected chi connectivity index (χ1v) is 7.21. The largest absolute Gasteiger partial charge is 0.497 e. The van der Waals surface area contributed by atoms with Crippen molar-refractivity contribution in [2.45, 2.75) is 12.8 Å². The summed E-state index contributed by atoms with van der Waals surface area (Å²) < 4.78 is 5.07. The molecule has 1 amide bonds. The van der Waals surface area contributed by atoms with Gasteiger partial charge in [0.15, 0.2) is 0 Å². The maximum atomic E-state index is 11.9. The smallest absolute Gasteiger partial charge is 0.338 e. The fourth-order valence-corrected chi connectivity index (χ4v) is 2.61. The molecule has 2 N–H and O–H groups in total. The summed E-state index contributed by atoms with van der Waals surface area (Å²) in [5.74, 6) is -0.467. The summed E-state index contributed by atoms with van der Waals surface area (Å²) in [6, 6.07) is 8.97. The molecule has 0 aliphatic carbocycles. The van der Waals surface area contributed by atoms with E-state index in [-0.39, 0.29) is 11.5 Å². The maximum absolute atomic E-state index is 11.9. The fourth-order valence-electron chi connectivity index (χ4n) is 1.81. The van der Waals surface area contributed by atoms with Crippen molar-refractivity contribution in [3.8, 4) is 5.75 Å². The van der Waals surface area contributed by atoms with Crippen LogP contribution in [-0.4, -0.2) is 24.1 Å². The Morgan fingerprint density at radius 1 is 1.24 bits per heavy atom. The van der Waals surface area contributed by atoms with E-state index in [0.29, 0.717) is 17.8 Å². The van der Waals surface area contributed by atoms with E-state index in [4.69, 9.17) is 9.84 Å². The van der Waals surface area contributed by atoms with E-state index in [9.17, 15) is 9.59 Å². The number of benzene rings is 1. The molecule has 0 atom stereocenters. The minimum Gasteiger partial charge on any atom is -0.497 e. The number of thiophene rings is 1. The monoisotopic (exact) mass is 305 g/mol. The average molecular weight is 305 g/mol. The molecule has 0 radical (unpaired) electrons. The predicted octanol–water partition coefficient (Wildman–Crippen LogP) is 3.03. The van der Waals surface area contributed by atoms with E-state index < -0.39 is 5.97 Å². The molecule has 0 spiro atoms. The van der Waals surface area contributed by atoms with Crippen LogP contribution in [0.4, 0.5) is 5.00 Å². The zero-order chi connectivity index (χ0) is 15.2. The van der Waals surface area contributed by atoms with Crippen LogP contribution in [0.2, 0.25) is 0 Å². The minimum absolute atomic E-state index is 0.123. The van der Waals surface area contributed by atoms with Crippen molar-refractivity contribution in [3.63, 3.8) is 0 Å². The van der Waals surface area contributed by atoms with Gasteiger partial charge in [-0.2, -0.15) is 0 Å². The van der Waals surface area contributed by atoms with E-state index in [1.807, 2.05) is 24.3 Å². The van der Waals surface area contributed by atoms with Gasteiger partial charge in [0.25, 0.3) is 0 Å². The molecule has 0 saturated carbocycles. The number of aryl methyl sites for hydroxylation is 1. The second-order valence-corrected chi connectivity index (χ2v) is 5.28.